The Hall–Kier alpha value is -2.88. The molecule has 162 valence electrons. The molecule has 2 aromatic rings. The molecule has 0 saturated carbocycles. The first-order chi connectivity index (χ1) is 14.5. The highest BCUT2D eigenvalue weighted by Crippen LogP contribution is 2.29. The minimum Gasteiger partial charge on any atom is -0.493 e. The summed E-state index contributed by atoms with van der Waals surface area (Å²) < 4.78 is 10.5. The molecule has 1 fully saturated rings. The van der Waals surface area contributed by atoms with Crippen molar-refractivity contribution < 1.29 is 19.1 Å². The first-order valence-corrected chi connectivity index (χ1v) is 10.7. The number of methoxy groups -OCH3 is 2. The molecule has 0 spiro atoms. The summed E-state index contributed by atoms with van der Waals surface area (Å²) in [6.45, 7) is 1.34. The van der Waals surface area contributed by atoms with Gasteiger partial charge in [0.2, 0.25) is 22.1 Å². The molecule has 0 radical (unpaired) electrons. The van der Waals surface area contributed by atoms with Crippen LogP contribution in [0.4, 0.5) is 10.3 Å². The highest BCUT2D eigenvalue weighted by Gasteiger charge is 2.24. The van der Waals surface area contributed by atoms with E-state index in [-0.39, 0.29) is 18.4 Å². The number of anilines is 2. The van der Waals surface area contributed by atoms with Crippen molar-refractivity contribution in [2.45, 2.75) is 25.7 Å². The molecule has 1 aliphatic heterocycles. The summed E-state index contributed by atoms with van der Waals surface area (Å²) in [5, 5.41) is 12.4. The summed E-state index contributed by atoms with van der Waals surface area (Å²) >= 11 is 1.32. The van der Waals surface area contributed by atoms with E-state index in [1.807, 2.05) is 18.2 Å². The van der Waals surface area contributed by atoms with Crippen molar-refractivity contribution in [1.82, 2.24) is 15.5 Å². The molecule has 1 aromatic carbocycles. The number of ether oxygens (including phenoxy) is 2. The fourth-order valence-corrected chi connectivity index (χ4v) is 4.05. The fraction of sp³-hybridized carbons (Fsp3) is 0.500. The third kappa shape index (κ3) is 5.38. The van der Waals surface area contributed by atoms with E-state index in [4.69, 9.17) is 9.47 Å². The number of carbonyl (C=O) groups excluding carboxylic acids is 2. The van der Waals surface area contributed by atoms with E-state index in [1.54, 1.807) is 31.1 Å². The average Bonchev–Trinajstić information content (AvgIpc) is 3.24. The molecule has 2 amide bonds. The molecular formula is C20H27N5O4S. The summed E-state index contributed by atoms with van der Waals surface area (Å²) in [5.74, 6) is 1.32. The molecule has 2 heterocycles. The zero-order chi connectivity index (χ0) is 21.5. The number of piperidine rings is 1. The van der Waals surface area contributed by atoms with Crippen LogP contribution in [0, 0.1) is 0 Å². The van der Waals surface area contributed by atoms with E-state index < -0.39 is 0 Å². The number of amides is 2. The number of carbonyl (C=O) groups is 2. The van der Waals surface area contributed by atoms with Crippen LogP contribution in [0.25, 0.3) is 0 Å². The standard InChI is InChI=1S/C20H27N5O4S/c1-24(19-22-23-20(30-19)25-11-5-4-6-18(25)27)13-17(26)21-10-9-14-7-8-15(28-2)16(12-14)29-3/h7-8,12H,4-6,9-11,13H2,1-3H3,(H,21,26). The molecule has 1 aromatic heterocycles. The number of nitrogens with zero attached hydrogens (tertiary/aromatic N) is 4. The minimum absolute atomic E-state index is 0.0829. The number of nitrogens with one attached hydrogen (secondary N) is 1. The molecule has 30 heavy (non-hydrogen) atoms. The van der Waals surface area contributed by atoms with Gasteiger partial charge >= 0.3 is 0 Å². The van der Waals surface area contributed by atoms with Crippen molar-refractivity contribution in [3.05, 3.63) is 23.8 Å². The zero-order valence-corrected chi connectivity index (χ0v) is 18.3. The molecule has 0 atom stereocenters. The smallest absolute Gasteiger partial charge is 0.239 e. The third-order valence-corrected chi connectivity index (χ3v) is 5.91. The third-order valence-electron chi connectivity index (χ3n) is 4.85. The van der Waals surface area contributed by atoms with Crippen molar-refractivity contribution in [2.24, 2.45) is 0 Å². The molecular weight excluding hydrogens is 406 g/mol. The summed E-state index contributed by atoms with van der Waals surface area (Å²) in [5.41, 5.74) is 1.04. The normalized spacial score (nSPS) is 13.8. The van der Waals surface area contributed by atoms with Crippen molar-refractivity contribution >= 4 is 33.4 Å². The van der Waals surface area contributed by atoms with Gasteiger partial charge in [-0.1, -0.05) is 17.4 Å². The molecule has 1 aliphatic rings. The van der Waals surface area contributed by atoms with Crippen LogP contribution >= 0.6 is 11.3 Å². The van der Waals surface area contributed by atoms with Gasteiger partial charge in [0.1, 0.15) is 0 Å². The number of hydrogen-bond acceptors (Lipinski definition) is 8. The SMILES string of the molecule is COc1ccc(CCNC(=O)CN(C)c2nnc(N3CCCCC3=O)s2)cc1OC. The van der Waals surface area contributed by atoms with Gasteiger partial charge in [-0.05, 0) is 37.0 Å². The van der Waals surface area contributed by atoms with E-state index in [1.165, 1.54) is 11.3 Å². The van der Waals surface area contributed by atoms with Gasteiger partial charge in [-0.3, -0.25) is 14.5 Å². The van der Waals surface area contributed by atoms with Gasteiger partial charge in [-0.25, -0.2) is 0 Å². The highest BCUT2D eigenvalue weighted by atomic mass is 32.1. The minimum atomic E-state index is -0.108. The van der Waals surface area contributed by atoms with Crippen LogP contribution in [0.5, 0.6) is 11.5 Å². The quantitative estimate of drug-likeness (QED) is 0.645. The molecule has 9 nitrogen and oxygen atoms in total. The van der Waals surface area contributed by atoms with Gasteiger partial charge in [0.05, 0.1) is 20.8 Å². The zero-order valence-electron chi connectivity index (χ0n) is 17.5. The van der Waals surface area contributed by atoms with Crippen LogP contribution in [-0.4, -0.2) is 62.9 Å². The molecule has 1 N–H and O–H groups in total. The van der Waals surface area contributed by atoms with Crippen molar-refractivity contribution in [3.8, 4) is 11.5 Å². The molecule has 10 heteroatoms. The maximum atomic E-state index is 12.3. The Labute approximate surface area is 180 Å². The fourth-order valence-electron chi connectivity index (χ4n) is 3.20. The van der Waals surface area contributed by atoms with Crippen LogP contribution in [0.15, 0.2) is 18.2 Å². The molecule has 0 unspecified atom stereocenters. The molecule has 0 bridgehead atoms. The summed E-state index contributed by atoms with van der Waals surface area (Å²) in [7, 11) is 4.98. The summed E-state index contributed by atoms with van der Waals surface area (Å²) in [4.78, 5) is 27.8. The second kappa shape index (κ2) is 10.2. The van der Waals surface area contributed by atoms with E-state index in [9.17, 15) is 9.59 Å². The van der Waals surface area contributed by atoms with Crippen molar-refractivity contribution in [1.29, 1.82) is 0 Å². The number of likely N-dealkylation sites (N-methyl/N-ethyl adjacent to an activating group) is 1. The van der Waals surface area contributed by atoms with Gasteiger partial charge in [-0.2, -0.15) is 0 Å². The van der Waals surface area contributed by atoms with E-state index >= 15 is 0 Å². The molecule has 0 aliphatic carbocycles. The largest absolute Gasteiger partial charge is 0.493 e. The second-order valence-corrected chi connectivity index (χ2v) is 7.95. The van der Waals surface area contributed by atoms with Crippen LogP contribution in [0.2, 0.25) is 0 Å². The Morgan fingerprint density at radius 2 is 2.03 bits per heavy atom. The van der Waals surface area contributed by atoms with Gasteiger partial charge in [-0.15, -0.1) is 10.2 Å². The van der Waals surface area contributed by atoms with Gasteiger partial charge in [0.15, 0.2) is 11.5 Å². The predicted octanol–water partition coefficient (Wildman–Crippen LogP) is 1.87. The topological polar surface area (TPSA) is 96.9 Å². The van der Waals surface area contributed by atoms with E-state index in [0.29, 0.717) is 47.7 Å². The number of aromatic nitrogens is 2. The summed E-state index contributed by atoms with van der Waals surface area (Å²) in [6.07, 6.45) is 3.12. The monoisotopic (exact) mass is 433 g/mol. The Bertz CT molecular complexity index is 888. The second-order valence-electron chi connectivity index (χ2n) is 7.02. The van der Waals surface area contributed by atoms with Gasteiger partial charge in [0.25, 0.3) is 0 Å². The van der Waals surface area contributed by atoms with Crippen LogP contribution in [0.3, 0.4) is 0 Å². The Morgan fingerprint density at radius 3 is 2.77 bits per heavy atom. The van der Waals surface area contributed by atoms with Crippen molar-refractivity contribution in [3.63, 3.8) is 0 Å². The van der Waals surface area contributed by atoms with E-state index in [2.05, 4.69) is 15.5 Å². The number of benzene rings is 1. The van der Waals surface area contributed by atoms with Crippen LogP contribution in [0.1, 0.15) is 24.8 Å². The lowest BCUT2D eigenvalue weighted by Crippen LogP contribution is -2.36. The van der Waals surface area contributed by atoms with Gasteiger partial charge in [0, 0.05) is 26.6 Å². The first-order valence-electron chi connectivity index (χ1n) is 9.84. The average molecular weight is 434 g/mol. The number of rotatable bonds is 9. The molecule has 3 rings (SSSR count). The Balaban J connectivity index is 1.47. The van der Waals surface area contributed by atoms with Crippen LogP contribution in [-0.2, 0) is 16.0 Å². The molecule has 1 saturated heterocycles. The van der Waals surface area contributed by atoms with Crippen LogP contribution < -0.4 is 24.6 Å². The highest BCUT2D eigenvalue weighted by molar-refractivity contribution is 7.19. The van der Waals surface area contributed by atoms with Gasteiger partial charge < -0.3 is 19.7 Å². The maximum absolute atomic E-state index is 12.3. The first kappa shape index (κ1) is 21.8. The maximum Gasteiger partial charge on any atom is 0.239 e. The predicted molar refractivity (Wildman–Crippen MR) is 116 cm³/mol. The Morgan fingerprint density at radius 1 is 1.23 bits per heavy atom. The lowest BCUT2D eigenvalue weighted by molar-refractivity contribution is -0.120. The number of hydrogen-bond donors (Lipinski definition) is 1. The Kier molecular flexibility index (Phi) is 7.45. The van der Waals surface area contributed by atoms with Crippen molar-refractivity contribution in [2.75, 3.05) is 50.7 Å². The van der Waals surface area contributed by atoms with E-state index in [0.717, 1.165) is 18.4 Å². The lowest BCUT2D eigenvalue weighted by Gasteiger charge is -2.23. The summed E-state index contributed by atoms with van der Waals surface area (Å²) in [6, 6.07) is 5.70. The lowest BCUT2D eigenvalue weighted by atomic mass is 10.1.